The molecule has 0 bridgehead atoms. The van der Waals surface area contributed by atoms with E-state index in [1.165, 1.54) is 6.07 Å². The van der Waals surface area contributed by atoms with Crippen LogP contribution in [0.25, 0.3) is 0 Å². The number of primary amides is 1. The van der Waals surface area contributed by atoms with Crippen LogP contribution in [0.15, 0.2) is 54.6 Å². The van der Waals surface area contributed by atoms with Crippen LogP contribution in [0.1, 0.15) is 46.5 Å². The van der Waals surface area contributed by atoms with Gasteiger partial charge in [0, 0.05) is 6.42 Å². The highest BCUT2D eigenvalue weighted by Crippen LogP contribution is 2.24. The Labute approximate surface area is 136 Å². The van der Waals surface area contributed by atoms with Crippen LogP contribution in [-0.2, 0) is 11.2 Å². The van der Waals surface area contributed by atoms with Crippen molar-refractivity contribution < 1.29 is 14.3 Å². The first kappa shape index (κ1) is 16.7. The fourth-order valence-electron chi connectivity index (χ4n) is 2.42. The second-order valence-electron chi connectivity index (χ2n) is 5.77. The molecule has 120 valence electrons. The van der Waals surface area contributed by atoms with E-state index in [0.717, 1.165) is 5.56 Å². The lowest BCUT2D eigenvalue weighted by molar-refractivity contribution is -0.0112. The number of rotatable bonds is 6. The van der Waals surface area contributed by atoms with E-state index in [1.54, 1.807) is 18.2 Å². The van der Waals surface area contributed by atoms with Gasteiger partial charge < -0.3 is 10.5 Å². The second-order valence-corrected chi connectivity index (χ2v) is 5.77. The summed E-state index contributed by atoms with van der Waals surface area (Å²) in [6.07, 6.45) is 1.27. The average Bonchev–Trinajstić information content (AvgIpc) is 2.55. The maximum Gasteiger partial charge on any atom is 0.339 e. The molecule has 0 aliphatic rings. The quantitative estimate of drug-likeness (QED) is 0.832. The van der Waals surface area contributed by atoms with Crippen molar-refractivity contribution in [1.29, 1.82) is 0 Å². The normalized spacial score (nSPS) is 13.1. The van der Waals surface area contributed by atoms with Crippen LogP contribution in [-0.4, -0.2) is 17.5 Å². The standard InChI is InChI=1S/C19H21NO3/c1-3-19(2,13-14-9-5-4-6-10-14)23-18(22)16-12-8-7-11-15(16)17(20)21/h4-12H,3,13H2,1-2H3,(H2,20,21). The Morgan fingerprint density at radius 3 is 2.13 bits per heavy atom. The highest BCUT2D eigenvalue weighted by atomic mass is 16.6. The molecule has 0 heterocycles. The SMILES string of the molecule is CCC(C)(Cc1ccccc1)OC(=O)c1ccccc1C(N)=O. The van der Waals surface area contributed by atoms with Gasteiger partial charge in [-0.2, -0.15) is 0 Å². The molecule has 4 heteroatoms. The molecule has 0 aliphatic heterocycles. The van der Waals surface area contributed by atoms with Crippen LogP contribution in [0.4, 0.5) is 0 Å². The zero-order valence-corrected chi connectivity index (χ0v) is 13.4. The van der Waals surface area contributed by atoms with E-state index in [4.69, 9.17) is 10.5 Å². The lowest BCUT2D eigenvalue weighted by Crippen LogP contribution is -2.34. The van der Waals surface area contributed by atoms with Gasteiger partial charge in [-0.15, -0.1) is 0 Å². The summed E-state index contributed by atoms with van der Waals surface area (Å²) in [6, 6.07) is 16.3. The largest absolute Gasteiger partial charge is 0.455 e. The zero-order chi connectivity index (χ0) is 16.9. The van der Waals surface area contributed by atoms with Crippen molar-refractivity contribution in [3.05, 3.63) is 71.3 Å². The van der Waals surface area contributed by atoms with Gasteiger partial charge in [-0.1, -0.05) is 49.4 Å². The summed E-state index contributed by atoms with van der Waals surface area (Å²) in [7, 11) is 0. The molecule has 0 fully saturated rings. The molecule has 2 rings (SSSR count). The molecular formula is C19H21NO3. The molecule has 2 N–H and O–H groups in total. The minimum Gasteiger partial charge on any atom is -0.455 e. The summed E-state index contributed by atoms with van der Waals surface area (Å²) in [6.45, 7) is 3.86. The third-order valence-electron chi connectivity index (χ3n) is 3.92. The third-order valence-corrected chi connectivity index (χ3v) is 3.92. The molecule has 0 saturated carbocycles. The Morgan fingerprint density at radius 2 is 1.57 bits per heavy atom. The Bertz CT molecular complexity index is 697. The molecule has 1 amide bonds. The Morgan fingerprint density at radius 1 is 1.00 bits per heavy atom. The maximum atomic E-state index is 12.5. The lowest BCUT2D eigenvalue weighted by atomic mass is 9.93. The molecule has 0 aromatic heterocycles. The van der Waals surface area contributed by atoms with Gasteiger partial charge in [-0.05, 0) is 31.0 Å². The van der Waals surface area contributed by atoms with Crippen molar-refractivity contribution in [2.75, 3.05) is 0 Å². The van der Waals surface area contributed by atoms with Gasteiger partial charge in [-0.3, -0.25) is 4.79 Å². The van der Waals surface area contributed by atoms with E-state index in [1.807, 2.05) is 44.2 Å². The highest BCUT2D eigenvalue weighted by molar-refractivity contribution is 6.04. The highest BCUT2D eigenvalue weighted by Gasteiger charge is 2.29. The summed E-state index contributed by atoms with van der Waals surface area (Å²) in [5, 5.41) is 0. The van der Waals surface area contributed by atoms with Gasteiger partial charge >= 0.3 is 5.97 Å². The van der Waals surface area contributed by atoms with Crippen molar-refractivity contribution >= 4 is 11.9 Å². The van der Waals surface area contributed by atoms with Crippen LogP contribution in [0.5, 0.6) is 0 Å². The predicted molar refractivity (Wildman–Crippen MR) is 89.2 cm³/mol. The predicted octanol–water partition coefficient (Wildman–Crippen LogP) is 3.35. The van der Waals surface area contributed by atoms with E-state index in [9.17, 15) is 9.59 Å². The Hall–Kier alpha value is -2.62. The number of amides is 1. The summed E-state index contributed by atoms with van der Waals surface area (Å²) in [4.78, 5) is 24.0. The smallest absolute Gasteiger partial charge is 0.339 e. The van der Waals surface area contributed by atoms with Gasteiger partial charge in [0.25, 0.3) is 0 Å². The first-order chi connectivity index (χ1) is 10.9. The van der Waals surface area contributed by atoms with Gasteiger partial charge in [0.05, 0.1) is 11.1 Å². The molecule has 4 nitrogen and oxygen atoms in total. The molecule has 1 unspecified atom stereocenters. The van der Waals surface area contributed by atoms with Crippen molar-refractivity contribution in [2.24, 2.45) is 5.73 Å². The number of carbonyl (C=O) groups is 2. The van der Waals surface area contributed by atoms with Crippen molar-refractivity contribution in [1.82, 2.24) is 0 Å². The summed E-state index contributed by atoms with van der Waals surface area (Å²) in [5.74, 6) is -1.17. The van der Waals surface area contributed by atoms with E-state index in [-0.39, 0.29) is 11.1 Å². The fraction of sp³-hybridized carbons (Fsp3) is 0.263. The van der Waals surface area contributed by atoms with Crippen LogP contribution < -0.4 is 5.73 Å². The third kappa shape index (κ3) is 4.19. The molecule has 0 saturated heterocycles. The summed E-state index contributed by atoms with van der Waals surface area (Å²) < 4.78 is 5.72. The van der Waals surface area contributed by atoms with Crippen LogP contribution >= 0.6 is 0 Å². The lowest BCUT2D eigenvalue weighted by Gasteiger charge is -2.29. The number of hydrogen-bond acceptors (Lipinski definition) is 3. The van der Waals surface area contributed by atoms with Gasteiger partial charge in [0.1, 0.15) is 5.60 Å². The van der Waals surface area contributed by atoms with Crippen LogP contribution in [0.3, 0.4) is 0 Å². The minimum absolute atomic E-state index is 0.177. The molecule has 23 heavy (non-hydrogen) atoms. The van der Waals surface area contributed by atoms with E-state index < -0.39 is 17.5 Å². The first-order valence-corrected chi connectivity index (χ1v) is 7.61. The maximum absolute atomic E-state index is 12.5. The van der Waals surface area contributed by atoms with Crippen LogP contribution in [0, 0.1) is 0 Å². The average molecular weight is 311 g/mol. The van der Waals surface area contributed by atoms with Gasteiger partial charge in [0.2, 0.25) is 5.91 Å². The van der Waals surface area contributed by atoms with Crippen molar-refractivity contribution in [2.45, 2.75) is 32.3 Å². The van der Waals surface area contributed by atoms with E-state index in [0.29, 0.717) is 12.8 Å². The Balaban J connectivity index is 2.21. The van der Waals surface area contributed by atoms with Crippen molar-refractivity contribution in [3.63, 3.8) is 0 Å². The van der Waals surface area contributed by atoms with Gasteiger partial charge in [-0.25, -0.2) is 4.79 Å². The summed E-state index contributed by atoms with van der Waals surface area (Å²) >= 11 is 0. The first-order valence-electron chi connectivity index (χ1n) is 7.61. The molecule has 1 atom stereocenters. The molecule has 2 aromatic rings. The minimum atomic E-state index is -0.650. The second kappa shape index (κ2) is 7.09. The van der Waals surface area contributed by atoms with E-state index >= 15 is 0 Å². The van der Waals surface area contributed by atoms with Crippen LogP contribution in [0.2, 0.25) is 0 Å². The molecule has 0 spiro atoms. The molecule has 0 radical (unpaired) electrons. The molecular weight excluding hydrogens is 290 g/mol. The van der Waals surface area contributed by atoms with E-state index in [2.05, 4.69) is 0 Å². The zero-order valence-electron chi connectivity index (χ0n) is 13.4. The molecule has 0 aliphatic carbocycles. The Kier molecular flexibility index (Phi) is 5.16. The fourth-order valence-corrected chi connectivity index (χ4v) is 2.42. The topological polar surface area (TPSA) is 69.4 Å². The monoisotopic (exact) mass is 311 g/mol. The van der Waals surface area contributed by atoms with Gasteiger partial charge in [0.15, 0.2) is 0 Å². The number of nitrogens with two attached hydrogens (primary N) is 1. The molecule has 2 aromatic carbocycles. The summed E-state index contributed by atoms with van der Waals surface area (Å²) in [5.41, 5.74) is 6.14. The number of esters is 1. The van der Waals surface area contributed by atoms with Crippen molar-refractivity contribution in [3.8, 4) is 0 Å². The number of hydrogen-bond donors (Lipinski definition) is 1. The number of carbonyl (C=O) groups excluding carboxylic acids is 2. The number of ether oxygens (including phenoxy) is 1. The number of benzene rings is 2.